The van der Waals surface area contributed by atoms with Crippen LogP contribution in [0, 0.1) is 11.8 Å². The lowest BCUT2D eigenvalue weighted by molar-refractivity contribution is 0.103. The van der Waals surface area contributed by atoms with Crippen molar-refractivity contribution >= 4 is 32.3 Å². The highest BCUT2D eigenvalue weighted by atomic mass is 16.5. The summed E-state index contributed by atoms with van der Waals surface area (Å²) in [5.41, 5.74) is 1.03. The predicted octanol–water partition coefficient (Wildman–Crippen LogP) is 5.22. The summed E-state index contributed by atoms with van der Waals surface area (Å²) in [5.74, 6) is 7.38. The first kappa shape index (κ1) is 16.8. The normalized spacial score (nSPS) is 12.5. The molecule has 1 aromatic heterocycles. The van der Waals surface area contributed by atoms with Crippen molar-refractivity contribution in [3.8, 4) is 11.8 Å². The number of hydrogen-bond acceptors (Lipinski definition) is 2. The third-order valence-electron chi connectivity index (χ3n) is 5.41. The molecule has 28 heavy (non-hydrogen) atoms. The molecule has 0 amide bonds. The first-order valence-electron chi connectivity index (χ1n) is 9.47. The fourth-order valence-corrected chi connectivity index (χ4v) is 3.90. The molecule has 0 radical (unpaired) electrons. The summed E-state index contributed by atoms with van der Waals surface area (Å²) in [6.45, 7) is 2.77. The lowest BCUT2D eigenvalue weighted by atomic mass is 9.92. The number of aromatic nitrogens is 2. The van der Waals surface area contributed by atoms with E-state index >= 15 is 0 Å². The average molecular weight is 364 g/mol. The van der Waals surface area contributed by atoms with Crippen molar-refractivity contribution in [3.05, 3.63) is 78.4 Å². The Kier molecular flexibility index (Phi) is 4.00. The molecule has 5 rings (SSSR count). The molecule has 1 heterocycles. The van der Waals surface area contributed by atoms with Crippen LogP contribution >= 0.6 is 0 Å². The maximum absolute atomic E-state index is 5.37. The van der Waals surface area contributed by atoms with Crippen LogP contribution in [0.15, 0.2) is 67.0 Å². The Hall–Kier alpha value is -3.35. The Morgan fingerprint density at radius 3 is 2.43 bits per heavy atom. The average Bonchev–Trinajstić information content (AvgIpc) is 3.17. The van der Waals surface area contributed by atoms with Gasteiger partial charge in [0, 0.05) is 25.1 Å². The Labute approximate surface area is 163 Å². The third kappa shape index (κ3) is 2.70. The Morgan fingerprint density at radius 1 is 0.929 bits per heavy atom. The monoisotopic (exact) mass is 364 g/mol. The molecule has 5 aromatic rings. The molecule has 136 valence electrons. The van der Waals surface area contributed by atoms with Gasteiger partial charge in [0.25, 0.3) is 0 Å². The van der Waals surface area contributed by atoms with Crippen molar-refractivity contribution in [2.75, 3.05) is 7.11 Å². The Morgan fingerprint density at radius 2 is 1.64 bits per heavy atom. The Balaban J connectivity index is 1.66. The van der Waals surface area contributed by atoms with Crippen molar-refractivity contribution in [3.63, 3.8) is 0 Å². The molecule has 0 aliphatic heterocycles. The summed E-state index contributed by atoms with van der Waals surface area (Å²) >= 11 is 0. The molecule has 0 saturated heterocycles. The third-order valence-corrected chi connectivity index (χ3v) is 5.41. The van der Waals surface area contributed by atoms with Crippen molar-refractivity contribution in [2.24, 2.45) is 0 Å². The van der Waals surface area contributed by atoms with E-state index in [9.17, 15) is 0 Å². The number of ether oxygens (including phenoxy) is 1. The molecular formula is C25H20N2O. The highest BCUT2D eigenvalue weighted by Crippen LogP contribution is 2.35. The largest absolute Gasteiger partial charge is 0.380 e. The molecule has 1 atom stereocenters. The van der Waals surface area contributed by atoms with Crippen LogP contribution in [0.1, 0.15) is 18.3 Å². The fraction of sp³-hybridized carbons (Fsp3) is 0.160. The van der Waals surface area contributed by atoms with Crippen LogP contribution in [0.5, 0.6) is 0 Å². The Bertz CT molecular complexity index is 1340. The van der Waals surface area contributed by atoms with Gasteiger partial charge in [-0.25, -0.2) is 4.98 Å². The van der Waals surface area contributed by atoms with Crippen LogP contribution in [0.25, 0.3) is 32.3 Å². The van der Waals surface area contributed by atoms with Crippen LogP contribution in [0.2, 0.25) is 0 Å². The molecule has 0 saturated carbocycles. The zero-order valence-electron chi connectivity index (χ0n) is 15.9. The topological polar surface area (TPSA) is 27.1 Å². The minimum atomic E-state index is 0.115. The van der Waals surface area contributed by atoms with E-state index in [1.165, 1.54) is 32.3 Å². The fourth-order valence-electron chi connectivity index (χ4n) is 3.90. The molecule has 0 fully saturated rings. The van der Waals surface area contributed by atoms with E-state index < -0.39 is 0 Å². The minimum Gasteiger partial charge on any atom is -0.380 e. The summed E-state index contributed by atoms with van der Waals surface area (Å²) < 4.78 is 7.41. The van der Waals surface area contributed by atoms with Crippen LogP contribution in [0.4, 0.5) is 0 Å². The number of hydrogen-bond donors (Lipinski definition) is 0. The summed E-state index contributed by atoms with van der Waals surface area (Å²) in [6, 6.07) is 19.5. The highest BCUT2D eigenvalue weighted by Gasteiger charge is 2.10. The van der Waals surface area contributed by atoms with E-state index in [1.807, 2.05) is 17.7 Å². The number of imidazole rings is 1. The van der Waals surface area contributed by atoms with Gasteiger partial charge in [0.15, 0.2) is 5.82 Å². The summed E-state index contributed by atoms with van der Waals surface area (Å²) in [7, 11) is 1.72. The van der Waals surface area contributed by atoms with Gasteiger partial charge in [-0.1, -0.05) is 54.5 Å². The zero-order valence-corrected chi connectivity index (χ0v) is 15.9. The lowest BCUT2D eigenvalue weighted by Crippen LogP contribution is -2.15. The van der Waals surface area contributed by atoms with Crippen molar-refractivity contribution < 1.29 is 4.74 Å². The summed E-state index contributed by atoms with van der Waals surface area (Å²) in [6.07, 6.45) is 3.85. The smallest absolute Gasteiger partial charge is 0.185 e. The minimum absolute atomic E-state index is 0.115. The van der Waals surface area contributed by atoms with Crippen LogP contribution in [0.3, 0.4) is 0 Å². The molecule has 0 unspecified atom stereocenters. The van der Waals surface area contributed by atoms with E-state index in [1.54, 1.807) is 13.3 Å². The van der Waals surface area contributed by atoms with Crippen LogP contribution in [-0.2, 0) is 11.3 Å². The second kappa shape index (κ2) is 6.67. The van der Waals surface area contributed by atoms with Crippen molar-refractivity contribution in [1.29, 1.82) is 0 Å². The van der Waals surface area contributed by atoms with E-state index in [0.717, 1.165) is 17.9 Å². The molecule has 4 aromatic carbocycles. The quantitative estimate of drug-likeness (QED) is 0.324. The number of methoxy groups -OCH3 is 1. The van der Waals surface area contributed by atoms with E-state index in [4.69, 9.17) is 4.74 Å². The highest BCUT2D eigenvalue weighted by molar-refractivity contribution is 6.23. The van der Waals surface area contributed by atoms with Gasteiger partial charge in [-0.05, 0) is 51.2 Å². The standard InChI is InChI=1S/C25H20N2O/c1-17(28-2)16-27-15-14-26-23(27)13-11-18-6-7-21-9-8-19-4-3-5-20-10-12-22(18)25(21)24(19)20/h3-10,12,14-15,17H,16H2,1-2H3/t17-/m1/s1. The van der Waals surface area contributed by atoms with Gasteiger partial charge in [-0.2, -0.15) is 0 Å². The first-order valence-corrected chi connectivity index (χ1v) is 9.47. The summed E-state index contributed by atoms with van der Waals surface area (Å²) in [4.78, 5) is 4.41. The van der Waals surface area contributed by atoms with Gasteiger partial charge < -0.3 is 9.30 Å². The number of rotatable bonds is 3. The van der Waals surface area contributed by atoms with Gasteiger partial charge in [0.2, 0.25) is 0 Å². The van der Waals surface area contributed by atoms with Gasteiger partial charge >= 0.3 is 0 Å². The van der Waals surface area contributed by atoms with Crippen LogP contribution < -0.4 is 0 Å². The zero-order chi connectivity index (χ0) is 19.1. The maximum Gasteiger partial charge on any atom is 0.185 e. The molecular weight excluding hydrogens is 344 g/mol. The maximum atomic E-state index is 5.37. The molecule has 3 nitrogen and oxygen atoms in total. The number of benzene rings is 4. The molecule has 3 heteroatoms. The van der Waals surface area contributed by atoms with Gasteiger partial charge in [0.05, 0.1) is 12.6 Å². The van der Waals surface area contributed by atoms with Gasteiger partial charge in [-0.3, -0.25) is 0 Å². The first-order chi connectivity index (χ1) is 13.7. The van der Waals surface area contributed by atoms with E-state index in [0.29, 0.717) is 0 Å². The SMILES string of the molecule is CO[C@H](C)Cn1ccnc1C#Cc1ccc2ccc3cccc4ccc1c2c34. The molecule has 0 spiro atoms. The predicted molar refractivity (Wildman–Crippen MR) is 115 cm³/mol. The van der Waals surface area contributed by atoms with E-state index in [2.05, 4.69) is 71.4 Å². The molecule has 0 bridgehead atoms. The second-order valence-electron chi connectivity index (χ2n) is 7.17. The lowest BCUT2D eigenvalue weighted by Gasteiger charge is -2.12. The summed E-state index contributed by atoms with van der Waals surface area (Å²) in [5, 5.41) is 7.59. The van der Waals surface area contributed by atoms with Crippen molar-refractivity contribution in [1.82, 2.24) is 9.55 Å². The van der Waals surface area contributed by atoms with Crippen LogP contribution in [-0.4, -0.2) is 22.8 Å². The van der Waals surface area contributed by atoms with E-state index in [-0.39, 0.29) is 6.10 Å². The molecule has 0 aliphatic carbocycles. The van der Waals surface area contributed by atoms with Gasteiger partial charge in [-0.15, -0.1) is 0 Å². The number of nitrogens with zero attached hydrogens (tertiary/aromatic N) is 2. The molecule has 0 N–H and O–H groups in total. The second-order valence-corrected chi connectivity index (χ2v) is 7.17. The molecule has 0 aliphatic rings. The van der Waals surface area contributed by atoms with Crippen molar-refractivity contribution in [2.45, 2.75) is 19.6 Å². The van der Waals surface area contributed by atoms with Gasteiger partial charge in [0.1, 0.15) is 0 Å².